The molecule has 1 saturated heterocycles. The first-order valence-corrected chi connectivity index (χ1v) is 15.6. The van der Waals surface area contributed by atoms with Crippen molar-refractivity contribution in [3.8, 4) is 11.5 Å². The molecule has 46 heavy (non-hydrogen) atoms. The molecule has 11 heteroatoms. The first-order chi connectivity index (χ1) is 21.8. The Morgan fingerprint density at radius 2 is 1.57 bits per heavy atom. The van der Waals surface area contributed by atoms with Crippen LogP contribution in [0.3, 0.4) is 0 Å². The van der Waals surface area contributed by atoms with Gasteiger partial charge in [0.25, 0.3) is 0 Å². The van der Waals surface area contributed by atoms with E-state index in [1.807, 2.05) is 6.07 Å². The standard InChI is InChI=1S/C35H33F6N3O2/c1-42-11-10-33-26-14-23-18-43(16-20-4-2-6-24(12-20)34(36,37)38)19-44(17-21-5-3-7-25(13-21)35(39,40)41)30(23)32(33)46-31-28(45)9-8-22(29(31)33)15-27(26)42/h2-9,12-13,26-27,32,45H,10-11,14-19H2,1H3/t26-,27+,32?,33-/m0/s1. The van der Waals surface area contributed by atoms with Gasteiger partial charge in [-0.2, -0.15) is 26.3 Å². The number of aromatic hydroxyl groups is 1. The summed E-state index contributed by atoms with van der Waals surface area (Å²) >= 11 is 0. The molecule has 1 unspecified atom stereocenters. The summed E-state index contributed by atoms with van der Waals surface area (Å²) in [7, 11) is 2.14. The summed E-state index contributed by atoms with van der Waals surface area (Å²) in [5, 5.41) is 11.0. The molecule has 1 spiro atoms. The van der Waals surface area contributed by atoms with Gasteiger partial charge in [0.15, 0.2) is 11.5 Å². The molecular formula is C35H33F6N3O2. The van der Waals surface area contributed by atoms with Crippen LogP contribution in [0.4, 0.5) is 26.3 Å². The molecule has 1 fully saturated rings. The molecular weight excluding hydrogens is 608 g/mol. The number of hydrogen-bond donors (Lipinski definition) is 1. The van der Waals surface area contributed by atoms with Crippen molar-refractivity contribution in [3.63, 3.8) is 0 Å². The number of fused-ring (bicyclic) bond motifs is 1. The average Bonchev–Trinajstić information content (AvgIpc) is 3.35. The van der Waals surface area contributed by atoms with Crippen LogP contribution in [0.5, 0.6) is 11.5 Å². The third kappa shape index (κ3) is 4.52. The number of phenolic OH excluding ortho intramolecular Hbond substituents is 1. The molecule has 3 aromatic rings. The molecule has 242 valence electrons. The van der Waals surface area contributed by atoms with Crippen LogP contribution in [0.1, 0.15) is 46.2 Å². The number of phenols is 1. The lowest BCUT2D eigenvalue weighted by Gasteiger charge is -2.60. The van der Waals surface area contributed by atoms with E-state index in [1.54, 1.807) is 18.2 Å². The number of likely N-dealkylation sites (N-methyl/N-ethyl adjacent to an activating group) is 1. The van der Waals surface area contributed by atoms with E-state index < -0.39 is 29.6 Å². The van der Waals surface area contributed by atoms with E-state index in [2.05, 4.69) is 21.7 Å². The van der Waals surface area contributed by atoms with Crippen molar-refractivity contribution < 1.29 is 36.2 Å². The van der Waals surface area contributed by atoms with Gasteiger partial charge in [-0.3, -0.25) is 4.90 Å². The Morgan fingerprint density at radius 3 is 2.24 bits per heavy atom. The van der Waals surface area contributed by atoms with E-state index in [9.17, 15) is 31.4 Å². The summed E-state index contributed by atoms with van der Waals surface area (Å²) in [6, 6.07) is 14.5. The first kappa shape index (κ1) is 29.7. The lowest BCUT2D eigenvalue weighted by atomic mass is 9.51. The zero-order chi connectivity index (χ0) is 32.2. The van der Waals surface area contributed by atoms with E-state index in [-0.39, 0.29) is 36.2 Å². The van der Waals surface area contributed by atoms with Crippen LogP contribution >= 0.6 is 0 Å². The van der Waals surface area contributed by atoms with Gasteiger partial charge in [0, 0.05) is 36.7 Å². The monoisotopic (exact) mass is 641 g/mol. The highest BCUT2D eigenvalue weighted by Gasteiger charge is 2.66. The highest BCUT2D eigenvalue weighted by molar-refractivity contribution is 5.63. The van der Waals surface area contributed by atoms with Crippen LogP contribution in [0.25, 0.3) is 0 Å². The molecule has 8 rings (SSSR count). The van der Waals surface area contributed by atoms with Crippen molar-refractivity contribution in [1.82, 2.24) is 14.7 Å². The second kappa shape index (κ2) is 10.1. The van der Waals surface area contributed by atoms with Gasteiger partial charge in [-0.05, 0) is 85.3 Å². The van der Waals surface area contributed by atoms with E-state index in [1.165, 1.54) is 23.8 Å². The SMILES string of the molecule is CN1CC[C@]23c4c5ccc(O)c4OC2C2=C(C[C@H]3[C@H]1C5)CN(Cc1cccc(C(F)(F)F)c1)CN2Cc1cccc(C(F)(F)F)c1. The second-order valence-corrected chi connectivity index (χ2v) is 13.5. The second-order valence-electron chi connectivity index (χ2n) is 13.5. The number of nitrogens with zero attached hydrogens (tertiary/aromatic N) is 3. The van der Waals surface area contributed by atoms with Gasteiger partial charge in [0.05, 0.1) is 23.5 Å². The van der Waals surface area contributed by atoms with Gasteiger partial charge >= 0.3 is 12.4 Å². The molecule has 2 aliphatic carbocycles. The van der Waals surface area contributed by atoms with Crippen molar-refractivity contribution in [2.75, 3.05) is 26.8 Å². The molecule has 0 amide bonds. The Bertz CT molecular complexity index is 1750. The highest BCUT2D eigenvalue weighted by atomic mass is 19.4. The molecule has 3 aromatic carbocycles. The van der Waals surface area contributed by atoms with Crippen molar-refractivity contribution in [2.45, 2.75) is 62.3 Å². The third-order valence-corrected chi connectivity index (χ3v) is 10.9. The number of benzene rings is 3. The number of ether oxygens (including phenoxy) is 1. The van der Waals surface area contributed by atoms with Crippen LogP contribution in [-0.2, 0) is 37.3 Å². The predicted octanol–water partition coefficient (Wildman–Crippen LogP) is 6.94. The van der Waals surface area contributed by atoms with Crippen molar-refractivity contribution >= 4 is 0 Å². The number of hydrogen-bond acceptors (Lipinski definition) is 5. The number of rotatable bonds is 4. The maximum absolute atomic E-state index is 13.7. The van der Waals surface area contributed by atoms with Gasteiger partial charge < -0.3 is 19.6 Å². The third-order valence-electron chi connectivity index (χ3n) is 10.9. The topological polar surface area (TPSA) is 39.2 Å². The molecule has 0 saturated carbocycles. The van der Waals surface area contributed by atoms with Crippen LogP contribution < -0.4 is 4.74 Å². The molecule has 1 N–H and O–H groups in total. The zero-order valence-electron chi connectivity index (χ0n) is 25.1. The fourth-order valence-electron chi connectivity index (χ4n) is 9.05. The summed E-state index contributed by atoms with van der Waals surface area (Å²) < 4.78 is 88.5. The van der Waals surface area contributed by atoms with Gasteiger partial charge in [0.2, 0.25) is 0 Å². The zero-order valence-corrected chi connectivity index (χ0v) is 25.1. The van der Waals surface area contributed by atoms with E-state index >= 15 is 0 Å². The van der Waals surface area contributed by atoms with E-state index in [0.29, 0.717) is 30.1 Å². The van der Waals surface area contributed by atoms with Gasteiger partial charge in [-0.1, -0.05) is 36.4 Å². The minimum absolute atomic E-state index is 0.0900. The Balaban J connectivity index is 1.22. The number of halogens is 6. The first-order valence-electron chi connectivity index (χ1n) is 15.6. The molecule has 5 aliphatic rings. The van der Waals surface area contributed by atoms with Crippen molar-refractivity contribution in [1.29, 1.82) is 0 Å². The minimum atomic E-state index is -4.50. The van der Waals surface area contributed by atoms with Gasteiger partial charge in [-0.25, -0.2) is 0 Å². The number of piperidine rings is 1. The smallest absolute Gasteiger partial charge is 0.416 e. The fraction of sp³-hybridized carbons (Fsp3) is 0.429. The lowest BCUT2D eigenvalue weighted by molar-refractivity contribution is -0.138. The maximum Gasteiger partial charge on any atom is 0.416 e. The molecule has 2 bridgehead atoms. The number of alkyl halides is 6. The van der Waals surface area contributed by atoms with Crippen LogP contribution in [0.15, 0.2) is 71.9 Å². The fourth-order valence-corrected chi connectivity index (χ4v) is 9.05. The molecule has 4 atom stereocenters. The molecule has 3 heterocycles. The Labute approximate surface area is 262 Å². The number of likely N-dealkylation sites (tertiary alicyclic amines) is 1. The molecule has 0 aromatic heterocycles. The Morgan fingerprint density at radius 1 is 0.891 bits per heavy atom. The minimum Gasteiger partial charge on any atom is -0.504 e. The highest BCUT2D eigenvalue weighted by Crippen LogP contribution is 2.65. The van der Waals surface area contributed by atoms with Gasteiger partial charge in [0.1, 0.15) is 6.10 Å². The summed E-state index contributed by atoms with van der Waals surface area (Å²) in [6.45, 7) is 2.07. The predicted molar refractivity (Wildman–Crippen MR) is 158 cm³/mol. The van der Waals surface area contributed by atoms with Crippen LogP contribution in [0, 0.1) is 5.92 Å². The quantitative estimate of drug-likeness (QED) is 0.313. The van der Waals surface area contributed by atoms with E-state index in [0.717, 1.165) is 60.8 Å². The largest absolute Gasteiger partial charge is 0.504 e. The summed E-state index contributed by atoms with van der Waals surface area (Å²) in [6.07, 6.45) is -7.01. The Hall–Kier alpha value is -3.70. The maximum atomic E-state index is 13.7. The summed E-state index contributed by atoms with van der Waals surface area (Å²) in [5.74, 6) is 0.788. The summed E-state index contributed by atoms with van der Waals surface area (Å²) in [4.78, 5) is 6.52. The normalized spacial score (nSPS) is 27.4. The average molecular weight is 642 g/mol. The molecule has 3 aliphatic heterocycles. The van der Waals surface area contributed by atoms with E-state index in [4.69, 9.17) is 4.74 Å². The van der Waals surface area contributed by atoms with Crippen LogP contribution in [-0.4, -0.2) is 58.8 Å². The van der Waals surface area contributed by atoms with Crippen molar-refractivity contribution in [3.05, 3.63) is 105 Å². The molecule has 0 radical (unpaired) electrons. The van der Waals surface area contributed by atoms with Gasteiger partial charge in [-0.15, -0.1) is 0 Å². The molecule has 5 nitrogen and oxygen atoms in total. The Kier molecular flexibility index (Phi) is 6.55. The van der Waals surface area contributed by atoms with Crippen LogP contribution in [0.2, 0.25) is 0 Å². The lowest BCUT2D eigenvalue weighted by Crippen LogP contribution is -2.66. The summed E-state index contributed by atoms with van der Waals surface area (Å²) in [5.41, 5.74) is 3.42. The van der Waals surface area contributed by atoms with Crippen molar-refractivity contribution in [2.24, 2.45) is 5.92 Å².